The zero-order valence-corrected chi connectivity index (χ0v) is 52.8. The van der Waals surface area contributed by atoms with Crippen molar-refractivity contribution < 1.29 is 4.57 Å². The third-order valence-electron chi connectivity index (χ3n) is 18.3. The van der Waals surface area contributed by atoms with Crippen LogP contribution < -0.4 is 14.4 Å². The first kappa shape index (κ1) is 59.2. The fraction of sp³-hybridized carbons (Fsp3) is 0.0440. The lowest BCUT2D eigenvalue weighted by atomic mass is 9.78. The maximum absolute atomic E-state index is 2.48. The molecule has 4 heteroatoms. The molecule has 0 saturated carbocycles. The van der Waals surface area contributed by atoms with Gasteiger partial charge in [0.15, 0.2) is 0 Å². The number of rotatable bonds is 20. The van der Waals surface area contributed by atoms with Crippen LogP contribution in [0.2, 0.25) is 0 Å². The number of hydrogen-bond acceptors (Lipinski definition) is 2. The Morgan fingerprint density at radius 2 is 0.421 bits per heavy atom. The molecule has 0 fully saturated rings. The van der Waals surface area contributed by atoms with Crippen molar-refractivity contribution in [3.63, 3.8) is 0 Å². The Labute approximate surface area is 558 Å². The Kier molecular flexibility index (Phi) is 17.3. The Hall–Kier alpha value is -12.1. The zero-order chi connectivity index (χ0) is 63.5. The molecule has 14 aromatic carbocycles. The van der Waals surface area contributed by atoms with Crippen molar-refractivity contribution >= 4 is 34.1 Å². The minimum Gasteiger partial charge on any atom is -0.310 e. The molecule has 454 valence electrons. The van der Waals surface area contributed by atoms with Crippen molar-refractivity contribution in [2.45, 2.75) is 23.7 Å². The van der Waals surface area contributed by atoms with Gasteiger partial charge in [-0.2, -0.15) is 0 Å². The fourth-order valence-electron chi connectivity index (χ4n) is 14.3. The monoisotopic (exact) mass is 1220 g/mol. The van der Waals surface area contributed by atoms with E-state index in [0.717, 1.165) is 67.8 Å². The van der Waals surface area contributed by atoms with E-state index in [1.807, 2.05) is 0 Å². The summed E-state index contributed by atoms with van der Waals surface area (Å²) in [7, 11) is 0. The highest BCUT2D eigenvalue weighted by Crippen LogP contribution is 2.49. The Morgan fingerprint density at radius 1 is 0.221 bits per heavy atom. The molecule has 0 amide bonds. The SMILES string of the molecule is c1ccc(C(c2ccccc2)c2cc(N(c3ccccc3)c3ccccc3)cc(C(c3ccccc3)c3ccccc3)c2-n2cc[n+](-c3c(C(c4ccccc4)c4ccccc4)cc(N(c4ccccc4)c4ccccc4)cc3C(c3ccccc3)c3ccccc3)c2)cc1. The maximum atomic E-state index is 2.48. The highest BCUT2D eigenvalue weighted by atomic mass is 15.2. The van der Waals surface area contributed by atoms with Crippen LogP contribution in [0.5, 0.6) is 0 Å². The molecule has 0 aliphatic carbocycles. The minimum absolute atomic E-state index is 0.226. The minimum atomic E-state index is -0.226. The van der Waals surface area contributed by atoms with Gasteiger partial charge in [0.25, 0.3) is 6.33 Å². The number of hydrogen-bond donors (Lipinski definition) is 0. The molecule has 95 heavy (non-hydrogen) atoms. The molecule has 4 nitrogen and oxygen atoms in total. The Bertz CT molecular complexity index is 4150. The largest absolute Gasteiger partial charge is 0.310 e. The molecular formula is C91H71N4+. The summed E-state index contributed by atoms with van der Waals surface area (Å²) in [5.74, 6) is -0.904. The van der Waals surface area contributed by atoms with Crippen LogP contribution in [-0.4, -0.2) is 4.57 Å². The van der Waals surface area contributed by atoms with Crippen LogP contribution in [0.4, 0.5) is 34.1 Å². The topological polar surface area (TPSA) is 15.3 Å². The van der Waals surface area contributed by atoms with E-state index in [0.29, 0.717) is 0 Å². The summed E-state index contributed by atoms with van der Waals surface area (Å²) in [6, 6.07) is 142. The number of imidazole rings is 1. The van der Waals surface area contributed by atoms with Crippen LogP contribution >= 0.6 is 0 Å². The van der Waals surface area contributed by atoms with Gasteiger partial charge in [-0.25, -0.2) is 9.13 Å². The third kappa shape index (κ3) is 12.5. The maximum Gasteiger partial charge on any atom is 0.254 e. The second-order valence-corrected chi connectivity index (χ2v) is 24.2. The second-order valence-electron chi connectivity index (χ2n) is 24.2. The van der Waals surface area contributed by atoms with Crippen molar-refractivity contribution in [3.05, 3.63) is 474 Å². The molecule has 0 spiro atoms. The van der Waals surface area contributed by atoms with Crippen LogP contribution in [0.25, 0.3) is 11.4 Å². The van der Waals surface area contributed by atoms with Gasteiger partial charge >= 0.3 is 0 Å². The molecule has 0 unspecified atom stereocenters. The van der Waals surface area contributed by atoms with E-state index < -0.39 is 0 Å². The first-order chi connectivity index (χ1) is 47.2. The van der Waals surface area contributed by atoms with Gasteiger partial charge in [0, 0.05) is 80.0 Å². The van der Waals surface area contributed by atoms with Crippen LogP contribution in [0.15, 0.2) is 407 Å². The molecule has 0 N–H and O–H groups in total. The average molecular weight is 1220 g/mol. The predicted octanol–water partition coefficient (Wildman–Crippen LogP) is 22.4. The molecule has 0 bridgehead atoms. The van der Waals surface area contributed by atoms with E-state index in [-0.39, 0.29) is 23.7 Å². The molecule has 0 aliphatic rings. The van der Waals surface area contributed by atoms with Gasteiger partial charge in [-0.3, -0.25) is 0 Å². The highest BCUT2D eigenvalue weighted by molar-refractivity contribution is 5.82. The van der Waals surface area contributed by atoms with Crippen molar-refractivity contribution in [1.29, 1.82) is 0 Å². The van der Waals surface area contributed by atoms with Crippen molar-refractivity contribution in [2.24, 2.45) is 0 Å². The molecule has 1 heterocycles. The van der Waals surface area contributed by atoms with Gasteiger partial charge in [0.2, 0.25) is 0 Å². The number of para-hydroxylation sites is 4. The van der Waals surface area contributed by atoms with Gasteiger partial charge < -0.3 is 9.80 Å². The third-order valence-corrected chi connectivity index (χ3v) is 18.3. The first-order valence-corrected chi connectivity index (χ1v) is 32.9. The molecule has 0 aliphatic heterocycles. The summed E-state index contributed by atoms with van der Waals surface area (Å²) in [4.78, 5) is 4.86. The number of benzene rings is 14. The lowest BCUT2D eigenvalue weighted by Gasteiger charge is -2.31. The van der Waals surface area contributed by atoms with Crippen LogP contribution in [0.3, 0.4) is 0 Å². The van der Waals surface area contributed by atoms with Gasteiger partial charge in [-0.05, 0) is 117 Å². The molecule has 15 aromatic rings. The number of nitrogens with zero attached hydrogens (tertiary/aromatic N) is 4. The van der Waals surface area contributed by atoms with E-state index in [9.17, 15) is 0 Å². The number of anilines is 6. The molecule has 0 atom stereocenters. The van der Waals surface area contributed by atoms with Crippen molar-refractivity contribution in [2.75, 3.05) is 9.80 Å². The quantitative estimate of drug-likeness (QED) is 0.0558. The van der Waals surface area contributed by atoms with Crippen LogP contribution in [0.1, 0.15) is 90.4 Å². The van der Waals surface area contributed by atoms with E-state index in [1.165, 1.54) is 44.5 Å². The second kappa shape index (κ2) is 27.8. The summed E-state index contributed by atoms with van der Waals surface area (Å²) >= 11 is 0. The van der Waals surface area contributed by atoms with E-state index >= 15 is 0 Å². The number of aromatic nitrogens is 2. The smallest absolute Gasteiger partial charge is 0.254 e. The first-order valence-electron chi connectivity index (χ1n) is 32.9. The molecule has 0 radical (unpaired) electrons. The predicted molar refractivity (Wildman–Crippen MR) is 392 cm³/mol. The van der Waals surface area contributed by atoms with Crippen molar-refractivity contribution in [3.8, 4) is 11.4 Å². The standard InChI is InChI=1S/C91H71N4/c1-13-37-68(38-14-1)86(69-39-15-2-16-40-69)82-63-80(94(76-53-29-9-30-54-76)77-55-31-10-32-56-77)64-83(87(70-41-17-3-18-42-70)71-43-19-4-20-44-71)90(82)92-61-62-93(67-92)91-84(88(72-45-21-5-22-46-72)73-47-23-6-24-48-73)65-81(95(78-57-33-11-34-58-78)79-59-35-12-36-60-79)66-85(91)89(74-49-25-7-26-50-74)75-51-27-8-28-52-75/h1-67,86-89H/q+1. The van der Waals surface area contributed by atoms with Crippen molar-refractivity contribution in [1.82, 2.24) is 4.57 Å². The lowest BCUT2D eigenvalue weighted by molar-refractivity contribution is -0.595. The highest BCUT2D eigenvalue weighted by Gasteiger charge is 2.36. The van der Waals surface area contributed by atoms with Gasteiger partial charge in [0.05, 0.1) is 0 Å². The summed E-state index contributed by atoms with van der Waals surface area (Å²) in [6.07, 6.45) is 7.01. The van der Waals surface area contributed by atoms with Crippen LogP contribution in [0, 0.1) is 0 Å². The molecule has 1 aromatic heterocycles. The van der Waals surface area contributed by atoms with E-state index in [4.69, 9.17) is 0 Å². The van der Waals surface area contributed by atoms with Gasteiger partial charge in [0.1, 0.15) is 23.8 Å². The normalized spacial score (nSPS) is 11.3. The van der Waals surface area contributed by atoms with E-state index in [2.05, 4.69) is 426 Å². The Balaban J connectivity index is 1.10. The Morgan fingerprint density at radius 3 is 0.653 bits per heavy atom. The molecule has 0 saturated heterocycles. The summed E-state index contributed by atoms with van der Waals surface area (Å²) < 4.78 is 4.90. The molecule has 15 rings (SSSR count). The van der Waals surface area contributed by atoms with Gasteiger partial charge in [-0.1, -0.05) is 315 Å². The molecular weight excluding hydrogens is 1150 g/mol. The zero-order valence-electron chi connectivity index (χ0n) is 52.8. The average Bonchev–Trinajstić information content (AvgIpc) is 1.72. The summed E-state index contributed by atoms with van der Waals surface area (Å²) in [5.41, 5.74) is 22.7. The fourth-order valence-corrected chi connectivity index (χ4v) is 14.3. The van der Waals surface area contributed by atoms with Gasteiger partial charge in [-0.15, -0.1) is 0 Å². The summed E-state index contributed by atoms with van der Waals surface area (Å²) in [6.45, 7) is 0. The van der Waals surface area contributed by atoms with E-state index in [1.54, 1.807) is 0 Å². The van der Waals surface area contributed by atoms with Crippen LogP contribution in [-0.2, 0) is 0 Å². The lowest BCUT2D eigenvalue weighted by Crippen LogP contribution is -2.33. The summed E-state index contributed by atoms with van der Waals surface area (Å²) in [5, 5.41) is 0.